The molecule has 3 N–H and O–H groups in total. The molecular formula is C10H23NO2. The van der Waals surface area contributed by atoms with E-state index in [2.05, 4.69) is 19.2 Å². The van der Waals surface area contributed by atoms with Gasteiger partial charge in [-0.1, -0.05) is 13.8 Å². The molecule has 2 atom stereocenters. The van der Waals surface area contributed by atoms with E-state index in [1.807, 2.05) is 0 Å². The molecular weight excluding hydrogens is 166 g/mol. The average Bonchev–Trinajstić information content (AvgIpc) is 2.01. The third-order valence-electron chi connectivity index (χ3n) is 1.97. The van der Waals surface area contributed by atoms with Crippen LogP contribution in [0, 0.1) is 5.92 Å². The molecule has 0 aromatic carbocycles. The van der Waals surface area contributed by atoms with E-state index in [4.69, 9.17) is 10.2 Å². The molecule has 0 spiro atoms. The van der Waals surface area contributed by atoms with E-state index in [1.165, 1.54) is 0 Å². The number of aliphatic hydroxyl groups excluding tert-OH is 2. The molecule has 3 heteroatoms. The van der Waals surface area contributed by atoms with Crippen LogP contribution in [0.2, 0.25) is 0 Å². The quantitative estimate of drug-likeness (QED) is 0.554. The predicted molar refractivity (Wildman–Crippen MR) is 54.6 cm³/mol. The molecule has 0 bridgehead atoms. The largest absolute Gasteiger partial charge is 0.395 e. The van der Waals surface area contributed by atoms with Crippen molar-refractivity contribution in [2.45, 2.75) is 45.8 Å². The second-order valence-electron chi connectivity index (χ2n) is 4.10. The van der Waals surface area contributed by atoms with Gasteiger partial charge < -0.3 is 15.5 Å². The summed E-state index contributed by atoms with van der Waals surface area (Å²) in [6, 6.07) is 0.179. The van der Waals surface area contributed by atoms with Crippen molar-refractivity contribution < 1.29 is 10.2 Å². The molecule has 3 nitrogen and oxygen atoms in total. The zero-order chi connectivity index (χ0) is 10.3. The Kier molecular flexibility index (Phi) is 7.23. The monoisotopic (exact) mass is 189 g/mol. The minimum atomic E-state index is -0.258. The predicted octanol–water partition coefficient (Wildman–Crippen LogP) is 0.754. The van der Waals surface area contributed by atoms with Gasteiger partial charge in [0.05, 0.1) is 12.7 Å². The molecule has 0 amide bonds. The first-order chi connectivity index (χ1) is 6.06. The van der Waals surface area contributed by atoms with E-state index < -0.39 is 0 Å². The molecule has 0 saturated heterocycles. The number of rotatable bonds is 7. The Morgan fingerprint density at radius 1 is 1.23 bits per heavy atom. The average molecular weight is 189 g/mol. The lowest BCUT2D eigenvalue weighted by molar-refractivity contribution is 0.174. The van der Waals surface area contributed by atoms with Crippen LogP contribution < -0.4 is 5.32 Å². The first-order valence-electron chi connectivity index (χ1n) is 5.08. The van der Waals surface area contributed by atoms with Gasteiger partial charge in [0.25, 0.3) is 0 Å². The van der Waals surface area contributed by atoms with E-state index in [0.29, 0.717) is 5.92 Å². The summed E-state index contributed by atoms with van der Waals surface area (Å²) in [6.45, 7) is 7.00. The Hall–Kier alpha value is -0.120. The van der Waals surface area contributed by atoms with Gasteiger partial charge in [0.2, 0.25) is 0 Å². The van der Waals surface area contributed by atoms with Gasteiger partial charge >= 0.3 is 0 Å². The lowest BCUT2D eigenvalue weighted by Gasteiger charge is -2.18. The van der Waals surface area contributed by atoms with Gasteiger partial charge in [-0.25, -0.2) is 0 Å². The van der Waals surface area contributed by atoms with Crippen LogP contribution in [-0.2, 0) is 0 Å². The Bertz CT molecular complexity index is 115. The maximum atomic E-state index is 9.02. The Balaban J connectivity index is 3.48. The van der Waals surface area contributed by atoms with Gasteiger partial charge in [0, 0.05) is 6.04 Å². The van der Waals surface area contributed by atoms with E-state index in [1.54, 1.807) is 6.92 Å². The summed E-state index contributed by atoms with van der Waals surface area (Å²) in [5, 5.41) is 21.3. The van der Waals surface area contributed by atoms with Crippen LogP contribution in [0.25, 0.3) is 0 Å². The summed E-state index contributed by atoms with van der Waals surface area (Å²) in [6.07, 6.45) is 1.47. The van der Waals surface area contributed by atoms with Crippen molar-refractivity contribution in [3.05, 3.63) is 0 Å². The number of hydrogen-bond donors (Lipinski definition) is 3. The first kappa shape index (κ1) is 12.9. The number of hydrogen-bond acceptors (Lipinski definition) is 3. The number of nitrogens with one attached hydrogen (secondary N) is 1. The molecule has 0 heterocycles. The van der Waals surface area contributed by atoms with Crippen molar-refractivity contribution in [1.29, 1.82) is 0 Å². The van der Waals surface area contributed by atoms with E-state index in [0.717, 1.165) is 19.4 Å². The molecule has 0 aliphatic heterocycles. The van der Waals surface area contributed by atoms with Crippen LogP contribution in [0.4, 0.5) is 0 Å². The Morgan fingerprint density at radius 2 is 1.85 bits per heavy atom. The Labute approximate surface area is 81.2 Å². The molecule has 0 aromatic rings. The van der Waals surface area contributed by atoms with Gasteiger partial charge in [-0.15, -0.1) is 0 Å². The lowest BCUT2D eigenvalue weighted by Crippen LogP contribution is -2.35. The highest BCUT2D eigenvalue weighted by atomic mass is 16.3. The van der Waals surface area contributed by atoms with Crippen LogP contribution in [0.1, 0.15) is 33.6 Å². The topological polar surface area (TPSA) is 52.5 Å². The molecule has 0 aliphatic carbocycles. The first-order valence-corrected chi connectivity index (χ1v) is 5.08. The zero-order valence-electron chi connectivity index (χ0n) is 8.95. The maximum Gasteiger partial charge on any atom is 0.0584 e. The standard InChI is InChI=1S/C10H23NO2/c1-8(2)6-10(7-12)11-5-4-9(3)13/h8-13H,4-7H2,1-3H3. The molecule has 2 unspecified atom stereocenters. The summed E-state index contributed by atoms with van der Waals surface area (Å²) in [5.41, 5.74) is 0. The smallest absolute Gasteiger partial charge is 0.0584 e. The minimum absolute atomic E-state index is 0.179. The van der Waals surface area contributed by atoms with Crippen molar-refractivity contribution in [3.63, 3.8) is 0 Å². The molecule has 0 aliphatic rings. The van der Waals surface area contributed by atoms with Crippen molar-refractivity contribution in [3.8, 4) is 0 Å². The molecule has 0 rings (SSSR count). The highest BCUT2D eigenvalue weighted by Crippen LogP contribution is 2.04. The van der Waals surface area contributed by atoms with Gasteiger partial charge in [0.15, 0.2) is 0 Å². The van der Waals surface area contributed by atoms with Crippen LogP contribution in [0.3, 0.4) is 0 Å². The summed E-state index contributed by atoms with van der Waals surface area (Å²) >= 11 is 0. The van der Waals surface area contributed by atoms with Gasteiger partial charge in [-0.3, -0.25) is 0 Å². The minimum Gasteiger partial charge on any atom is -0.395 e. The van der Waals surface area contributed by atoms with Crippen LogP contribution in [0.5, 0.6) is 0 Å². The normalized spacial score (nSPS) is 16.2. The van der Waals surface area contributed by atoms with E-state index in [9.17, 15) is 0 Å². The zero-order valence-corrected chi connectivity index (χ0v) is 8.95. The second kappa shape index (κ2) is 7.30. The summed E-state index contributed by atoms with van der Waals surface area (Å²) in [4.78, 5) is 0. The lowest BCUT2D eigenvalue weighted by atomic mass is 10.0. The highest BCUT2D eigenvalue weighted by molar-refractivity contribution is 4.67. The highest BCUT2D eigenvalue weighted by Gasteiger charge is 2.08. The van der Waals surface area contributed by atoms with Gasteiger partial charge in [0.1, 0.15) is 0 Å². The van der Waals surface area contributed by atoms with Crippen molar-refractivity contribution in [2.24, 2.45) is 5.92 Å². The SMILES string of the molecule is CC(C)CC(CO)NCCC(C)O. The Morgan fingerprint density at radius 3 is 2.23 bits per heavy atom. The third-order valence-corrected chi connectivity index (χ3v) is 1.97. The molecule has 0 radical (unpaired) electrons. The van der Waals surface area contributed by atoms with Crippen LogP contribution >= 0.6 is 0 Å². The summed E-state index contributed by atoms with van der Waals surface area (Å²) < 4.78 is 0. The van der Waals surface area contributed by atoms with Crippen LogP contribution in [0.15, 0.2) is 0 Å². The van der Waals surface area contributed by atoms with Crippen molar-refractivity contribution >= 4 is 0 Å². The number of aliphatic hydroxyl groups is 2. The van der Waals surface area contributed by atoms with E-state index >= 15 is 0 Å². The molecule has 0 fully saturated rings. The van der Waals surface area contributed by atoms with Crippen molar-refractivity contribution in [2.75, 3.05) is 13.2 Å². The molecule has 13 heavy (non-hydrogen) atoms. The second-order valence-corrected chi connectivity index (χ2v) is 4.10. The molecule has 80 valence electrons. The van der Waals surface area contributed by atoms with Gasteiger partial charge in [-0.05, 0) is 32.2 Å². The summed E-state index contributed by atoms with van der Waals surface area (Å²) in [7, 11) is 0. The van der Waals surface area contributed by atoms with Crippen molar-refractivity contribution in [1.82, 2.24) is 5.32 Å². The van der Waals surface area contributed by atoms with E-state index in [-0.39, 0.29) is 18.8 Å². The fraction of sp³-hybridized carbons (Fsp3) is 1.00. The van der Waals surface area contributed by atoms with Gasteiger partial charge in [-0.2, -0.15) is 0 Å². The summed E-state index contributed by atoms with van der Waals surface area (Å²) in [5.74, 6) is 0.594. The van der Waals surface area contributed by atoms with Crippen LogP contribution in [-0.4, -0.2) is 35.5 Å². The fourth-order valence-corrected chi connectivity index (χ4v) is 1.29. The third kappa shape index (κ3) is 8.22. The molecule has 0 saturated carbocycles. The molecule has 0 aromatic heterocycles. The maximum absolute atomic E-state index is 9.02. The fourth-order valence-electron chi connectivity index (χ4n) is 1.29.